The lowest BCUT2D eigenvalue weighted by atomic mass is 10.1. The number of rotatable bonds is 3. The van der Waals surface area contributed by atoms with Crippen LogP contribution in [0.1, 0.15) is 5.56 Å². The maximum atomic E-state index is 10.1. The van der Waals surface area contributed by atoms with E-state index in [2.05, 4.69) is 0 Å². The number of hydrogen-bond donors (Lipinski definition) is 0. The molecule has 0 saturated heterocycles. The van der Waals surface area contributed by atoms with E-state index in [0.29, 0.717) is 0 Å². The first-order chi connectivity index (χ1) is 5.84. The Morgan fingerprint density at radius 2 is 2.00 bits per heavy atom. The minimum atomic E-state index is -0.162. The van der Waals surface area contributed by atoms with Crippen LogP contribution < -0.4 is 0 Å². The molecular formula is C10H10ClO. The van der Waals surface area contributed by atoms with Gasteiger partial charge in [0.25, 0.3) is 0 Å². The minimum Gasteiger partial charge on any atom is -0.232 e. The number of benzene rings is 1. The highest BCUT2D eigenvalue weighted by molar-refractivity contribution is 6.31. The summed E-state index contributed by atoms with van der Waals surface area (Å²) in [6.07, 6.45) is 4.18. The molecule has 0 aliphatic carbocycles. The Balaban J connectivity index is 2.63. The second kappa shape index (κ2) is 4.96. The Kier molecular flexibility index (Phi) is 3.85. The first-order valence-electron chi connectivity index (χ1n) is 3.81. The molecule has 0 heterocycles. The largest absolute Gasteiger partial charge is 0.232 e. The summed E-state index contributed by atoms with van der Waals surface area (Å²) in [5, 5.41) is 10.8. The fraction of sp³-hybridized carbons (Fsp3) is 0.200. The maximum absolute atomic E-state index is 10.1. The molecule has 0 bridgehead atoms. The second-order valence-electron chi connectivity index (χ2n) is 2.43. The molecule has 0 fully saturated rings. The molecule has 0 N–H and O–H groups in total. The molecule has 1 rings (SSSR count). The Hall–Kier alpha value is -0.790. The highest BCUT2D eigenvalue weighted by atomic mass is 35.5. The van der Waals surface area contributed by atoms with Crippen molar-refractivity contribution in [3.8, 4) is 0 Å². The van der Waals surface area contributed by atoms with E-state index < -0.39 is 0 Å². The molecule has 0 amide bonds. The topological polar surface area (TPSA) is 19.9 Å². The first-order valence-corrected chi connectivity index (χ1v) is 4.19. The van der Waals surface area contributed by atoms with Gasteiger partial charge in [0.2, 0.25) is 0 Å². The van der Waals surface area contributed by atoms with Crippen molar-refractivity contribution in [1.29, 1.82) is 0 Å². The molecule has 0 saturated carbocycles. The van der Waals surface area contributed by atoms with Crippen LogP contribution in [-0.4, -0.2) is 6.61 Å². The van der Waals surface area contributed by atoms with Gasteiger partial charge < -0.3 is 0 Å². The Labute approximate surface area is 77.3 Å². The third-order valence-electron chi connectivity index (χ3n) is 1.56. The molecule has 0 aliphatic heterocycles. The number of halogens is 1. The molecule has 0 aliphatic rings. The predicted octanol–water partition coefficient (Wildman–Crippen LogP) is 2.87. The summed E-state index contributed by atoms with van der Waals surface area (Å²) in [5.74, 6) is 0. The Morgan fingerprint density at radius 1 is 1.25 bits per heavy atom. The van der Waals surface area contributed by atoms with Gasteiger partial charge in [0, 0.05) is 5.02 Å². The van der Waals surface area contributed by atoms with Gasteiger partial charge in [-0.1, -0.05) is 42.0 Å². The normalized spacial score (nSPS) is 10.8. The van der Waals surface area contributed by atoms with Crippen LogP contribution >= 0.6 is 11.6 Å². The smallest absolute Gasteiger partial charge is 0.100 e. The molecule has 63 valence electrons. The van der Waals surface area contributed by atoms with Gasteiger partial charge in [-0.05, 0) is 18.1 Å². The van der Waals surface area contributed by atoms with Crippen LogP contribution in [0.15, 0.2) is 36.4 Å². The summed E-state index contributed by atoms with van der Waals surface area (Å²) in [6, 6.07) is 7.63. The summed E-state index contributed by atoms with van der Waals surface area (Å²) in [7, 11) is 0. The summed E-state index contributed by atoms with van der Waals surface area (Å²) in [5.41, 5.74) is 1.06. The van der Waals surface area contributed by atoms with Gasteiger partial charge >= 0.3 is 0 Å². The van der Waals surface area contributed by atoms with Gasteiger partial charge in [-0.15, -0.1) is 0 Å². The minimum absolute atomic E-state index is 0.162. The van der Waals surface area contributed by atoms with Crippen LogP contribution in [0.25, 0.3) is 0 Å². The van der Waals surface area contributed by atoms with Crippen molar-refractivity contribution in [1.82, 2.24) is 0 Å². The van der Waals surface area contributed by atoms with Gasteiger partial charge in [-0.2, -0.15) is 0 Å². The quantitative estimate of drug-likeness (QED) is 0.640. The SMILES string of the molecule is [O]CC=CCc1ccccc1Cl. The van der Waals surface area contributed by atoms with Crippen LogP contribution in [0.5, 0.6) is 0 Å². The standard InChI is InChI=1S/C10H10ClO/c11-10-7-2-1-5-9(10)6-3-4-8-12/h1-5,7H,6,8H2. The van der Waals surface area contributed by atoms with Crippen LogP contribution in [0, 0.1) is 0 Å². The lowest BCUT2D eigenvalue weighted by Gasteiger charge is -1.97. The van der Waals surface area contributed by atoms with Gasteiger partial charge in [0.05, 0.1) is 0 Å². The van der Waals surface area contributed by atoms with E-state index in [4.69, 9.17) is 11.6 Å². The molecule has 1 radical (unpaired) electrons. The summed E-state index contributed by atoms with van der Waals surface area (Å²) < 4.78 is 0. The van der Waals surface area contributed by atoms with Gasteiger partial charge in [0.1, 0.15) is 6.61 Å². The molecule has 0 atom stereocenters. The van der Waals surface area contributed by atoms with E-state index in [1.54, 1.807) is 6.08 Å². The first kappa shape index (κ1) is 9.30. The molecule has 1 aromatic rings. The van der Waals surface area contributed by atoms with Crippen LogP contribution in [0.2, 0.25) is 5.02 Å². The van der Waals surface area contributed by atoms with Gasteiger partial charge in [-0.25, -0.2) is 5.11 Å². The molecular weight excluding hydrogens is 172 g/mol. The van der Waals surface area contributed by atoms with Crippen LogP contribution in [0.4, 0.5) is 0 Å². The van der Waals surface area contributed by atoms with E-state index in [1.807, 2.05) is 30.3 Å². The van der Waals surface area contributed by atoms with E-state index in [1.165, 1.54) is 0 Å². The molecule has 0 aromatic heterocycles. The van der Waals surface area contributed by atoms with Crippen molar-refractivity contribution in [3.63, 3.8) is 0 Å². The fourth-order valence-electron chi connectivity index (χ4n) is 0.942. The van der Waals surface area contributed by atoms with Crippen molar-refractivity contribution < 1.29 is 5.11 Å². The summed E-state index contributed by atoms with van der Waals surface area (Å²) in [6.45, 7) is -0.162. The predicted molar refractivity (Wildman–Crippen MR) is 49.8 cm³/mol. The number of hydrogen-bond acceptors (Lipinski definition) is 0. The monoisotopic (exact) mass is 181 g/mol. The zero-order valence-corrected chi connectivity index (χ0v) is 7.42. The van der Waals surface area contributed by atoms with Gasteiger partial charge in [0.15, 0.2) is 0 Å². The lowest BCUT2D eigenvalue weighted by Crippen LogP contribution is -1.82. The third-order valence-corrected chi connectivity index (χ3v) is 1.93. The van der Waals surface area contributed by atoms with Crippen LogP contribution in [-0.2, 0) is 11.5 Å². The molecule has 0 unspecified atom stereocenters. The Bertz CT molecular complexity index is 268. The van der Waals surface area contributed by atoms with E-state index in [9.17, 15) is 5.11 Å². The zero-order valence-electron chi connectivity index (χ0n) is 6.66. The zero-order chi connectivity index (χ0) is 8.81. The van der Waals surface area contributed by atoms with E-state index >= 15 is 0 Å². The lowest BCUT2D eigenvalue weighted by molar-refractivity contribution is 0.232. The number of allylic oxidation sites excluding steroid dienone is 1. The maximum Gasteiger partial charge on any atom is 0.100 e. The highest BCUT2D eigenvalue weighted by Crippen LogP contribution is 2.15. The third kappa shape index (κ3) is 2.68. The molecule has 2 heteroatoms. The van der Waals surface area contributed by atoms with Crippen LogP contribution in [0.3, 0.4) is 0 Å². The van der Waals surface area contributed by atoms with Gasteiger partial charge in [-0.3, -0.25) is 0 Å². The molecule has 1 aromatic carbocycles. The average Bonchev–Trinajstić information content (AvgIpc) is 2.09. The average molecular weight is 182 g/mol. The fourth-order valence-corrected chi connectivity index (χ4v) is 1.16. The highest BCUT2D eigenvalue weighted by Gasteiger charge is 1.94. The molecule has 0 spiro atoms. The van der Waals surface area contributed by atoms with Crippen molar-refractivity contribution in [2.24, 2.45) is 0 Å². The Morgan fingerprint density at radius 3 is 2.67 bits per heavy atom. The van der Waals surface area contributed by atoms with Crippen molar-refractivity contribution in [2.75, 3.05) is 6.61 Å². The van der Waals surface area contributed by atoms with Crippen molar-refractivity contribution in [3.05, 3.63) is 47.0 Å². The van der Waals surface area contributed by atoms with E-state index in [0.717, 1.165) is 17.0 Å². The summed E-state index contributed by atoms with van der Waals surface area (Å²) >= 11 is 5.89. The van der Waals surface area contributed by atoms with Crippen molar-refractivity contribution >= 4 is 11.6 Å². The molecule has 12 heavy (non-hydrogen) atoms. The summed E-state index contributed by atoms with van der Waals surface area (Å²) in [4.78, 5) is 0. The second-order valence-corrected chi connectivity index (χ2v) is 2.84. The van der Waals surface area contributed by atoms with E-state index in [-0.39, 0.29) is 6.61 Å². The molecule has 1 nitrogen and oxygen atoms in total. The van der Waals surface area contributed by atoms with Crippen molar-refractivity contribution in [2.45, 2.75) is 6.42 Å².